The molecule has 3 aliphatic heterocycles. The lowest BCUT2D eigenvalue weighted by atomic mass is 9.97. The molecule has 0 aromatic rings. The van der Waals surface area contributed by atoms with E-state index in [4.69, 9.17) is 4.74 Å². The normalized spacial score (nSPS) is 33.0. The minimum atomic E-state index is 0. The van der Waals surface area contributed by atoms with Crippen LogP contribution >= 0.6 is 12.4 Å². The van der Waals surface area contributed by atoms with Gasteiger partial charge in [-0.1, -0.05) is 13.3 Å². The van der Waals surface area contributed by atoms with Crippen molar-refractivity contribution < 1.29 is 4.74 Å². The van der Waals surface area contributed by atoms with E-state index in [1.165, 1.54) is 52.0 Å². The summed E-state index contributed by atoms with van der Waals surface area (Å²) in [5, 5.41) is 3.48. The van der Waals surface area contributed by atoms with Crippen LogP contribution < -0.4 is 5.32 Å². The maximum Gasteiger partial charge on any atom is 0.0594 e. The first-order valence-corrected chi connectivity index (χ1v) is 8.61. The van der Waals surface area contributed by atoms with Crippen molar-refractivity contribution in [1.82, 2.24) is 15.1 Å². The molecule has 3 fully saturated rings. The number of piperidine rings is 1. The molecule has 4 nitrogen and oxygen atoms in total. The van der Waals surface area contributed by atoms with E-state index in [1.54, 1.807) is 0 Å². The Morgan fingerprint density at radius 1 is 1.10 bits per heavy atom. The average Bonchev–Trinajstić information content (AvgIpc) is 2.92. The molecular formula is C16H32ClN3O. The molecule has 1 N–H and O–H groups in total. The van der Waals surface area contributed by atoms with Crippen LogP contribution in [0.25, 0.3) is 0 Å². The highest BCUT2D eigenvalue weighted by Crippen LogP contribution is 2.27. The number of rotatable bonds is 4. The molecule has 3 heterocycles. The fourth-order valence-electron chi connectivity index (χ4n) is 4.24. The Balaban J connectivity index is 0.00000161. The number of hydrogen-bond acceptors (Lipinski definition) is 4. The minimum Gasteiger partial charge on any atom is -0.379 e. The molecule has 0 bridgehead atoms. The first-order chi connectivity index (χ1) is 9.86. The van der Waals surface area contributed by atoms with Gasteiger partial charge in [0.15, 0.2) is 0 Å². The summed E-state index contributed by atoms with van der Waals surface area (Å²) in [4.78, 5) is 5.45. The molecule has 0 spiro atoms. The third-order valence-corrected chi connectivity index (χ3v) is 5.50. The van der Waals surface area contributed by atoms with Gasteiger partial charge in [-0.2, -0.15) is 0 Å². The standard InChI is InChI=1S/C16H31N3O.ClH/c1-2-15-12-18(11-14-3-5-17-6-4-14)13-16(15)19-7-9-20-10-8-19;/h14-17H,2-13H2,1H3;1H. The van der Waals surface area contributed by atoms with Gasteiger partial charge in [0.25, 0.3) is 0 Å². The largest absolute Gasteiger partial charge is 0.379 e. The van der Waals surface area contributed by atoms with Gasteiger partial charge in [0.1, 0.15) is 0 Å². The van der Waals surface area contributed by atoms with Crippen molar-refractivity contribution in [2.45, 2.75) is 32.2 Å². The summed E-state index contributed by atoms with van der Waals surface area (Å²) >= 11 is 0. The summed E-state index contributed by atoms with van der Waals surface area (Å²) in [6.07, 6.45) is 4.07. The molecule has 0 radical (unpaired) electrons. The predicted molar refractivity (Wildman–Crippen MR) is 89.2 cm³/mol. The SMILES string of the molecule is CCC1CN(CC2CCNCC2)CC1N1CCOCC1.Cl. The Bertz CT molecular complexity index is 293. The van der Waals surface area contributed by atoms with Gasteiger partial charge in [0.05, 0.1) is 13.2 Å². The van der Waals surface area contributed by atoms with Crippen LogP contribution in [-0.2, 0) is 4.74 Å². The maximum absolute atomic E-state index is 5.51. The topological polar surface area (TPSA) is 27.7 Å². The molecule has 21 heavy (non-hydrogen) atoms. The summed E-state index contributed by atoms with van der Waals surface area (Å²) < 4.78 is 5.51. The minimum absolute atomic E-state index is 0. The molecule has 124 valence electrons. The Kier molecular flexibility index (Phi) is 7.23. The summed E-state index contributed by atoms with van der Waals surface area (Å²) in [6.45, 7) is 12.9. The predicted octanol–water partition coefficient (Wildman–Crippen LogP) is 1.45. The van der Waals surface area contributed by atoms with Gasteiger partial charge in [-0.05, 0) is 37.8 Å². The lowest BCUT2D eigenvalue weighted by Gasteiger charge is -2.35. The molecule has 0 amide bonds. The highest BCUT2D eigenvalue weighted by molar-refractivity contribution is 5.85. The van der Waals surface area contributed by atoms with Crippen molar-refractivity contribution in [3.63, 3.8) is 0 Å². The van der Waals surface area contributed by atoms with Crippen LogP contribution in [-0.4, -0.2) is 74.9 Å². The van der Waals surface area contributed by atoms with Crippen LogP contribution in [0.2, 0.25) is 0 Å². The first kappa shape index (κ1) is 17.5. The summed E-state index contributed by atoms with van der Waals surface area (Å²) in [5.41, 5.74) is 0. The third kappa shape index (κ3) is 4.55. The summed E-state index contributed by atoms with van der Waals surface area (Å²) in [5.74, 6) is 1.80. The monoisotopic (exact) mass is 317 g/mol. The zero-order valence-electron chi connectivity index (χ0n) is 13.4. The molecule has 2 atom stereocenters. The van der Waals surface area contributed by atoms with Crippen LogP contribution in [0.4, 0.5) is 0 Å². The van der Waals surface area contributed by atoms with Crippen molar-refractivity contribution in [2.75, 3.05) is 59.0 Å². The quantitative estimate of drug-likeness (QED) is 0.849. The fourth-order valence-corrected chi connectivity index (χ4v) is 4.24. The van der Waals surface area contributed by atoms with Crippen LogP contribution in [0.5, 0.6) is 0 Å². The number of likely N-dealkylation sites (tertiary alicyclic amines) is 1. The molecular weight excluding hydrogens is 286 g/mol. The zero-order valence-corrected chi connectivity index (χ0v) is 14.2. The van der Waals surface area contributed by atoms with Gasteiger partial charge >= 0.3 is 0 Å². The van der Waals surface area contributed by atoms with Crippen molar-refractivity contribution in [3.05, 3.63) is 0 Å². The van der Waals surface area contributed by atoms with E-state index < -0.39 is 0 Å². The second-order valence-electron chi connectivity index (χ2n) is 6.80. The lowest BCUT2D eigenvalue weighted by Crippen LogP contribution is -2.47. The smallest absolute Gasteiger partial charge is 0.0594 e. The molecule has 0 aromatic carbocycles. The zero-order chi connectivity index (χ0) is 13.8. The van der Waals surface area contributed by atoms with E-state index >= 15 is 0 Å². The van der Waals surface area contributed by atoms with Crippen LogP contribution in [0.1, 0.15) is 26.2 Å². The van der Waals surface area contributed by atoms with E-state index in [9.17, 15) is 0 Å². The van der Waals surface area contributed by atoms with Crippen molar-refractivity contribution in [3.8, 4) is 0 Å². The van der Waals surface area contributed by atoms with Gasteiger partial charge < -0.3 is 15.0 Å². The van der Waals surface area contributed by atoms with Gasteiger partial charge in [-0.25, -0.2) is 0 Å². The Labute approximate surface area is 136 Å². The van der Waals surface area contributed by atoms with Crippen LogP contribution in [0, 0.1) is 11.8 Å². The van der Waals surface area contributed by atoms with Gasteiger partial charge in [-0.15, -0.1) is 12.4 Å². The molecule has 3 aliphatic rings. The lowest BCUT2D eigenvalue weighted by molar-refractivity contribution is 0.00998. The number of ether oxygens (including phenoxy) is 1. The second kappa shape index (κ2) is 8.68. The van der Waals surface area contributed by atoms with Crippen LogP contribution in [0.3, 0.4) is 0 Å². The number of halogens is 1. The number of nitrogens with zero attached hydrogens (tertiary/aromatic N) is 2. The molecule has 0 aromatic heterocycles. The maximum atomic E-state index is 5.51. The second-order valence-corrected chi connectivity index (χ2v) is 6.80. The van der Waals surface area contributed by atoms with Gasteiger partial charge in [0.2, 0.25) is 0 Å². The van der Waals surface area contributed by atoms with E-state index in [-0.39, 0.29) is 12.4 Å². The van der Waals surface area contributed by atoms with Gasteiger partial charge in [0, 0.05) is 38.8 Å². The molecule has 3 saturated heterocycles. The Morgan fingerprint density at radius 2 is 1.81 bits per heavy atom. The van der Waals surface area contributed by atoms with E-state index in [1.807, 2.05) is 0 Å². The molecule has 0 saturated carbocycles. The molecule has 2 unspecified atom stereocenters. The third-order valence-electron chi connectivity index (χ3n) is 5.50. The van der Waals surface area contributed by atoms with E-state index in [2.05, 4.69) is 22.0 Å². The summed E-state index contributed by atoms with van der Waals surface area (Å²) in [6, 6.07) is 0.783. The number of hydrogen-bond donors (Lipinski definition) is 1. The van der Waals surface area contributed by atoms with E-state index in [0.717, 1.165) is 44.2 Å². The fraction of sp³-hybridized carbons (Fsp3) is 1.00. The highest BCUT2D eigenvalue weighted by atomic mass is 35.5. The summed E-state index contributed by atoms with van der Waals surface area (Å²) in [7, 11) is 0. The number of nitrogens with one attached hydrogen (secondary N) is 1. The van der Waals surface area contributed by atoms with Crippen LogP contribution in [0.15, 0.2) is 0 Å². The van der Waals surface area contributed by atoms with Crippen molar-refractivity contribution in [2.24, 2.45) is 11.8 Å². The highest BCUT2D eigenvalue weighted by Gasteiger charge is 2.36. The Morgan fingerprint density at radius 3 is 2.48 bits per heavy atom. The Hall–Kier alpha value is 0.130. The average molecular weight is 318 g/mol. The van der Waals surface area contributed by atoms with E-state index in [0.29, 0.717) is 0 Å². The van der Waals surface area contributed by atoms with Gasteiger partial charge in [-0.3, -0.25) is 4.90 Å². The van der Waals surface area contributed by atoms with Crippen molar-refractivity contribution >= 4 is 12.4 Å². The molecule has 0 aliphatic carbocycles. The molecule has 3 rings (SSSR count). The first-order valence-electron chi connectivity index (χ1n) is 8.61. The number of morpholine rings is 1. The molecule has 5 heteroatoms. The van der Waals surface area contributed by atoms with Crippen molar-refractivity contribution in [1.29, 1.82) is 0 Å².